The molecule has 1 aromatic rings. The molecule has 0 radical (unpaired) electrons. The number of rotatable bonds is 4. The molecule has 1 saturated carbocycles. The Hall–Kier alpha value is -0.350. The van der Waals surface area contributed by atoms with E-state index in [1.807, 2.05) is 18.2 Å². The van der Waals surface area contributed by atoms with Crippen LogP contribution in [0.2, 0.25) is 0 Å². The van der Waals surface area contributed by atoms with Crippen molar-refractivity contribution in [1.82, 2.24) is 5.32 Å². The third kappa shape index (κ3) is 4.59. The molecular weight excluding hydrogens is 382 g/mol. The van der Waals surface area contributed by atoms with Crippen LogP contribution < -0.4 is 5.32 Å². The first kappa shape index (κ1) is 16.0. The highest BCUT2D eigenvalue weighted by molar-refractivity contribution is 9.11. The smallest absolute Gasteiger partial charge is 0.252 e. The summed E-state index contributed by atoms with van der Waals surface area (Å²) in [7, 11) is 0. The fourth-order valence-electron chi connectivity index (χ4n) is 2.77. The fourth-order valence-corrected chi connectivity index (χ4v) is 3.56. The van der Waals surface area contributed by atoms with Gasteiger partial charge in [-0.2, -0.15) is 0 Å². The topological polar surface area (TPSA) is 29.1 Å². The van der Waals surface area contributed by atoms with E-state index in [0.717, 1.165) is 33.7 Å². The van der Waals surface area contributed by atoms with Crippen LogP contribution in [0, 0.1) is 11.8 Å². The number of benzene rings is 1. The van der Waals surface area contributed by atoms with Gasteiger partial charge in [-0.1, -0.05) is 48.5 Å². The van der Waals surface area contributed by atoms with E-state index in [4.69, 9.17) is 0 Å². The van der Waals surface area contributed by atoms with Gasteiger partial charge >= 0.3 is 0 Å². The number of halogens is 2. The minimum atomic E-state index is 0.00218. The quantitative estimate of drug-likeness (QED) is 0.740. The molecule has 4 heteroatoms. The lowest BCUT2D eigenvalue weighted by Gasteiger charge is -2.26. The van der Waals surface area contributed by atoms with Crippen molar-refractivity contribution in [1.29, 1.82) is 0 Å². The molecule has 1 amide bonds. The van der Waals surface area contributed by atoms with E-state index in [1.54, 1.807) is 0 Å². The van der Waals surface area contributed by atoms with Gasteiger partial charge in [-0.3, -0.25) is 4.79 Å². The summed E-state index contributed by atoms with van der Waals surface area (Å²) in [5.74, 6) is 1.68. The van der Waals surface area contributed by atoms with E-state index >= 15 is 0 Å². The first-order valence-corrected chi connectivity index (χ1v) is 8.88. The van der Waals surface area contributed by atoms with Crippen molar-refractivity contribution in [2.75, 3.05) is 6.54 Å². The molecule has 0 atom stereocenters. The molecule has 0 unspecified atom stereocenters. The Labute approximate surface area is 138 Å². The Kier molecular flexibility index (Phi) is 6.09. The van der Waals surface area contributed by atoms with E-state index in [9.17, 15) is 4.79 Å². The zero-order chi connectivity index (χ0) is 14.5. The second kappa shape index (κ2) is 7.60. The Morgan fingerprint density at radius 1 is 1.25 bits per heavy atom. The van der Waals surface area contributed by atoms with Crippen molar-refractivity contribution in [3.63, 3.8) is 0 Å². The van der Waals surface area contributed by atoms with E-state index in [1.165, 1.54) is 25.7 Å². The van der Waals surface area contributed by atoms with Gasteiger partial charge in [-0.15, -0.1) is 0 Å². The highest BCUT2D eigenvalue weighted by atomic mass is 79.9. The number of amides is 1. The highest BCUT2D eigenvalue weighted by Gasteiger charge is 2.18. The maximum Gasteiger partial charge on any atom is 0.252 e. The summed E-state index contributed by atoms with van der Waals surface area (Å²) in [5, 5.41) is 3.04. The molecule has 0 spiro atoms. The maximum absolute atomic E-state index is 12.1. The van der Waals surface area contributed by atoms with Gasteiger partial charge in [-0.05, 0) is 52.4 Å². The van der Waals surface area contributed by atoms with E-state index in [-0.39, 0.29) is 5.91 Å². The highest BCUT2D eigenvalue weighted by Crippen LogP contribution is 2.30. The molecule has 0 bridgehead atoms. The van der Waals surface area contributed by atoms with Gasteiger partial charge in [0.25, 0.3) is 5.91 Å². The molecule has 0 heterocycles. The number of hydrogen-bond acceptors (Lipinski definition) is 1. The molecule has 2 nitrogen and oxygen atoms in total. The summed E-state index contributed by atoms with van der Waals surface area (Å²) in [6, 6.07) is 5.66. The number of hydrogen-bond donors (Lipinski definition) is 1. The minimum Gasteiger partial charge on any atom is -0.352 e. The average molecular weight is 403 g/mol. The third-order valence-electron chi connectivity index (χ3n) is 4.15. The van der Waals surface area contributed by atoms with Crippen molar-refractivity contribution >= 4 is 37.8 Å². The zero-order valence-corrected chi connectivity index (χ0v) is 15.0. The van der Waals surface area contributed by atoms with Crippen LogP contribution in [-0.2, 0) is 0 Å². The third-order valence-corrected chi connectivity index (χ3v) is 5.33. The normalized spacial score (nSPS) is 22.6. The van der Waals surface area contributed by atoms with Crippen molar-refractivity contribution < 1.29 is 4.79 Å². The molecular formula is C16H21Br2NO. The number of carbonyl (C=O) groups excluding carboxylic acids is 1. The molecule has 110 valence electrons. The molecule has 1 N–H and O–H groups in total. The Morgan fingerprint density at radius 3 is 2.65 bits per heavy atom. The van der Waals surface area contributed by atoms with Crippen LogP contribution in [0.5, 0.6) is 0 Å². The van der Waals surface area contributed by atoms with Gasteiger partial charge in [0.1, 0.15) is 0 Å². The summed E-state index contributed by atoms with van der Waals surface area (Å²) in [6.07, 6.45) is 6.42. The largest absolute Gasteiger partial charge is 0.352 e. The van der Waals surface area contributed by atoms with Gasteiger partial charge in [0.05, 0.1) is 5.56 Å². The second-order valence-electron chi connectivity index (χ2n) is 5.79. The van der Waals surface area contributed by atoms with Crippen molar-refractivity contribution in [3.05, 3.63) is 32.7 Å². The van der Waals surface area contributed by atoms with Crippen molar-refractivity contribution in [2.45, 2.75) is 39.0 Å². The zero-order valence-electron chi connectivity index (χ0n) is 11.8. The summed E-state index contributed by atoms with van der Waals surface area (Å²) in [6.45, 7) is 3.11. The minimum absolute atomic E-state index is 0.00218. The maximum atomic E-state index is 12.1. The SMILES string of the molecule is CC1CCC(CCNC(=O)c2cc(Br)ccc2Br)CC1. The molecule has 1 aliphatic carbocycles. The molecule has 20 heavy (non-hydrogen) atoms. The Balaban J connectivity index is 1.79. The van der Waals surface area contributed by atoms with Crippen LogP contribution >= 0.6 is 31.9 Å². The van der Waals surface area contributed by atoms with Gasteiger partial charge in [0.15, 0.2) is 0 Å². The summed E-state index contributed by atoms with van der Waals surface area (Å²) >= 11 is 6.82. The van der Waals surface area contributed by atoms with Gasteiger partial charge < -0.3 is 5.32 Å². The molecule has 1 aromatic carbocycles. The molecule has 0 saturated heterocycles. The Bertz CT molecular complexity index is 468. The lowest BCUT2D eigenvalue weighted by atomic mass is 9.81. The Morgan fingerprint density at radius 2 is 1.95 bits per heavy atom. The van der Waals surface area contributed by atoms with Crippen LogP contribution in [0.4, 0.5) is 0 Å². The number of nitrogens with one attached hydrogen (secondary N) is 1. The predicted molar refractivity (Wildman–Crippen MR) is 89.9 cm³/mol. The van der Waals surface area contributed by atoms with Gasteiger partial charge in [0.2, 0.25) is 0 Å². The monoisotopic (exact) mass is 401 g/mol. The van der Waals surface area contributed by atoms with Crippen LogP contribution in [0.25, 0.3) is 0 Å². The van der Waals surface area contributed by atoms with Gasteiger partial charge in [0, 0.05) is 15.5 Å². The fraction of sp³-hybridized carbons (Fsp3) is 0.562. The van der Waals surface area contributed by atoms with Crippen LogP contribution in [0.1, 0.15) is 49.4 Å². The van der Waals surface area contributed by atoms with E-state index in [0.29, 0.717) is 5.56 Å². The van der Waals surface area contributed by atoms with Crippen LogP contribution in [0.15, 0.2) is 27.1 Å². The average Bonchev–Trinajstić information content (AvgIpc) is 2.43. The molecule has 0 aliphatic heterocycles. The van der Waals surface area contributed by atoms with E-state index < -0.39 is 0 Å². The van der Waals surface area contributed by atoms with Crippen LogP contribution in [0.3, 0.4) is 0 Å². The predicted octanol–water partition coefficient (Wildman–Crippen LogP) is 5.16. The lowest BCUT2D eigenvalue weighted by Crippen LogP contribution is -2.27. The first-order chi connectivity index (χ1) is 9.56. The van der Waals surface area contributed by atoms with Crippen molar-refractivity contribution in [2.24, 2.45) is 11.8 Å². The first-order valence-electron chi connectivity index (χ1n) is 7.29. The van der Waals surface area contributed by atoms with E-state index in [2.05, 4.69) is 44.1 Å². The van der Waals surface area contributed by atoms with Crippen LogP contribution in [-0.4, -0.2) is 12.5 Å². The second-order valence-corrected chi connectivity index (χ2v) is 7.56. The number of carbonyl (C=O) groups is 1. The van der Waals surface area contributed by atoms with Gasteiger partial charge in [-0.25, -0.2) is 0 Å². The standard InChI is InChI=1S/C16H21Br2NO/c1-11-2-4-12(5-3-11)8-9-19-16(20)14-10-13(17)6-7-15(14)18/h6-7,10-12H,2-5,8-9H2,1H3,(H,19,20). The summed E-state index contributed by atoms with van der Waals surface area (Å²) in [5.41, 5.74) is 0.691. The molecule has 1 aliphatic rings. The molecule has 1 fully saturated rings. The molecule has 2 rings (SSSR count). The van der Waals surface area contributed by atoms with Crippen molar-refractivity contribution in [3.8, 4) is 0 Å². The lowest BCUT2D eigenvalue weighted by molar-refractivity contribution is 0.0949. The summed E-state index contributed by atoms with van der Waals surface area (Å²) < 4.78 is 1.76. The summed E-state index contributed by atoms with van der Waals surface area (Å²) in [4.78, 5) is 12.1. The molecule has 0 aromatic heterocycles.